The van der Waals surface area contributed by atoms with Crippen molar-refractivity contribution in [3.8, 4) is 0 Å². The van der Waals surface area contributed by atoms with Gasteiger partial charge in [0.25, 0.3) is 0 Å². The molecule has 60 valence electrons. The molecule has 4 bridgehead atoms. The normalized spacial score (nSPS) is 63.4. The summed E-state index contributed by atoms with van der Waals surface area (Å²) in [5, 5.41) is 18.2. The average molecular weight is 156 g/mol. The van der Waals surface area contributed by atoms with Gasteiger partial charge in [-0.15, -0.1) is 0 Å². The summed E-state index contributed by atoms with van der Waals surface area (Å²) < 4.78 is 5.26. The van der Waals surface area contributed by atoms with E-state index in [1.165, 1.54) is 0 Å². The van der Waals surface area contributed by atoms with E-state index in [4.69, 9.17) is 9.84 Å². The molecular formula is C7H8O4. The smallest absolute Gasteiger partial charge is 0.312 e. The molecule has 1 unspecified atom stereocenters. The summed E-state index contributed by atoms with van der Waals surface area (Å²) in [7, 11) is 0. The number of aliphatic carboxylic acids is 1. The third-order valence-electron chi connectivity index (χ3n) is 3.33. The Bertz CT molecular complexity index is 251. The van der Waals surface area contributed by atoms with Crippen molar-refractivity contribution in [3.05, 3.63) is 0 Å². The molecule has 2 saturated carbocycles. The number of hydrogen-bond acceptors (Lipinski definition) is 3. The molecule has 4 fully saturated rings. The van der Waals surface area contributed by atoms with Gasteiger partial charge in [0.05, 0.1) is 18.3 Å². The molecule has 0 radical (unpaired) electrons. The number of aliphatic hydroxyl groups excluding tert-OH is 1. The first kappa shape index (κ1) is 5.97. The highest BCUT2D eigenvalue weighted by Gasteiger charge is 2.84. The van der Waals surface area contributed by atoms with Gasteiger partial charge in [-0.1, -0.05) is 0 Å². The van der Waals surface area contributed by atoms with E-state index in [-0.39, 0.29) is 18.1 Å². The number of carboxylic acid groups (broad SMARTS) is 1. The average Bonchev–Trinajstić information content (AvgIpc) is 2.32. The van der Waals surface area contributed by atoms with Crippen LogP contribution < -0.4 is 0 Å². The van der Waals surface area contributed by atoms with Gasteiger partial charge in [-0.3, -0.25) is 4.79 Å². The molecule has 2 saturated heterocycles. The number of carboxylic acids is 1. The van der Waals surface area contributed by atoms with Crippen LogP contribution in [-0.2, 0) is 9.53 Å². The minimum absolute atomic E-state index is 0.106. The molecule has 0 aromatic carbocycles. The Labute approximate surface area is 62.8 Å². The molecule has 0 aromatic rings. The lowest BCUT2D eigenvalue weighted by Gasteiger charge is -2.02. The van der Waals surface area contributed by atoms with Crippen molar-refractivity contribution in [2.45, 2.75) is 24.7 Å². The molecule has 4 heteroatoms. The summed E-state index contributed by atoms with van der Waals surface area (Å²) >= 11 is 0. The van der Waals surface area contributed by atoms with E-state index >= 15 is 0 Å². The van der Waals surface area contributed by atoms with Crippen molar-refractivity contribution in [2.75, 3.05) is 0 Å². The highest BCUT2D eigenvalue weighted by molar-refractivity contribution is 5.82. The minimum Gasteiger partial charge on any atom is -0.481 e. The molecule has 2 heterocycles. The number of hydrogen-bond donors (Lipinski definition) is 2. The number of aliphatic hydroxyl groups is 1. The zero-order chi connectivity index (χ0) is 7.80. The topological polar surface area (TPSA) is 66.8 Å². The molecule has 0 spiro atoms. The number of rotatable bonds is 1. The molecule has 2 aliphatic carbocycles. The monoisotopic (exact) mass is 156 g/mol. The predicted octanol–water partition coefficient (Wildman–Crippen LogP) is -0.781. The maximum atomic E-state index is 10.8. The molecule has 2 N–H and O–H groups in total. The number of ether oxygens (including phenoxy) is 1. The van der Waals surface area contributed by atoms with Crippen LogP contribution in [0, 0.1) is 11.3 Å². The fraction of sp³-hybridized carbons (Fsp3) is 0.857. The zero-order valence-corrected chi connectivity index (χ0v) is 5.73. The van der Waals surface area contributed by atoms with E-state index in [1.807, 2.05) is 0 Å². The van der Waals surface area contributed by atoms with Gasteiger partial charge < -0.3 is 14.9 Å². The largest absolute Gasteiger partial charge is 0.481 e. The zero-order valence-electron chi connectivity index (χ0n) is 5.73. The Hall–Kier alpha value is -0.610. The Morgan fingerprint density at radius 3 is 2.55 bits per heavy atom. The van der Waals surface area contributed by atoms with Gasteiger partial charge in [0.15, 0.2) is 0 Å². The maximum Gasteiger partial charge on any atom is 0.312 e. The van der Waals surface area contributed by atoms with Crippen LogP contribution in [0.25, 0.3) is 0 Å². The van der Waals surface area contributed by atoms with Crippen LogP contribution in [0.3, 0.4) is 0 Å². The highest BCUT2D eigenvalue weighted by atomic mass is 16.5. The quantitative estimate of drug-likeness (QED) is 0.522. The van der Waals surface area contributed by atoms with E-state index in [2.05, 4.69) is 0 Å². The lowest BCUT2D eigenvalue weighted by Crippen LogP contribution is -2.17. The summed E-state index contributed by atoms with van der Waals surface area (Å²) in [5.74, 6) is -0.906. The van der Waals surface area contributed by atoms with Crippen molar-refractivity contribution in [1.29, 1.82) is 0 Å². The molecule has 2 aliphatic heterocycles. The minimum atomic E-state index is -0.799. The molecule has 0 amide bonds. The molecular weight excluding hydrogens is 148 g/mol. The number of carbonyl (C=O) groups is 1. The SMILES string of the molecule is O=C(O)[C@@]12C[C@H]3O[C@@H]1C2[C@@H]3O. The van der Waals surface area contributed by atoms with Gasteiger partial charge in [0, 0.05) is 5.92 Å². The first-order valence-electron chi connectivity index (χ1n) is 3.75. The second-order valence-electron chi connectivity index (χ2n) is 3.66. The van der Waals surface area contributed by atoms with Crippen molar-refractivity contribution in [2.24, 2.45) is 11.3 Å². The highest BCUT2D eigenvalue weighted by Crippen LogP contribution is 2.71. The molecule has 11 heavy (non-hydrogen) atoms. The van der Waals surface area contributed by atoms with E-state index in [9.17, 15) is 9.90 Å². The van der Waals surface area contributed by atoms with Crippen molar-refractivity contribution in [1.82, 2.24) is 0 Å². The fourth-order valence-electron chi connectivity index (χ4n) is 2.73. The predicted molar refractivity (Wildman–Crippen MR) is 32.8 cm³/mol. The molecule has 4 nitrogen and oxygen atoms in total. The van der Waals surface area contributed by atoms with Gasteiger partial charge in [0.2, 0.25) is 0 Å². The standard InChI is InChI=1S/C7H8O4/c8-4-2-1-7(6(9)10)3(4)5(7)11-2/h2-5,8H,1H2,(H,9,10)/t2-,3?,4-,5-,7-/m1/s1. The molecule has 5 atom stereocenters. The summed E-state index contributed by atoms with van der Waals surface area (Å²) in [6.07, 6.45) is -0.379. The van der Waals surface area contributed by atoms with Crippen molar-refractivity contribution < 1.29 is 19.7 Å². The Balaban J connectivity index is 2.04. The summed E-state index contributed by atoms with van der Waals surface area (Å²) in [5.41, 5.74) is -0.690. The molecule has 0 aromatic heterocycles. The van der Waals surface area contributed by atoms with E-state index in [0.29, 0.717) is 6.42 Å². The van der Waals surface area contributed by atoms with Crippen LogP contribution in [0.4, 0.5) is 0 Å². The Kier molecular flexibility index (Phi) is 0.715. The van der Waals surface area contributed by atoms with Crippen LogP contribution in [0.2, 0.25) is 0 Å². The first-order valence-corrected chi connectivity index (χ1v) is 3.75. The van der Waals surface area contributed by atoms with E-state index < -0.39 is 17.5 Å². The van der Waals surface area contributed by atoms with Crippen LogP contribution in [0.5, 0.6) is 0 Å². The van der Waals surface area contributed by atoms with Gasteiger partial charge in [-0.2, -0.15) is 0 Å². The third kappa shape index (κ3) is 0.387. The van der Waals surface area contributed by atoms with Crippen LogP contribution in [0.15, 0.2) is 0 Å². The van der Waals surface area contributed by atoms with Crippen molar-refractivity contribution in [3.63, 3.8) is 0 Å². The fourth-order valence-corrected chi connectivity index (χ4v) is 2.73. The van der Waals surface area contributed by atoms with Gasteiger partial charge >= 0.3 is 5.97 Å². The molecule has 4 aliphatic rings. The first-order chi connectivity index (χ1) is 5.18. The van der Waals surface area contributed by atoms with Crippen LogP contribution >= 0.6 is 0 Å². The van der Waals surface area contributed by atoms with Gasteiger partial charge in [0.1, 0.15) is 5.41 Å². The second kappa shape index (κ2) is 1.32. The maximum absolute atomic E-state index is 10.8. The van der Waals surface area contributed by atoms with Crippen molar-refractivity contribution >= 4 is 5.97 Å². The summed E-state index contributed by atoms with van der Waals surface area (Å²) in [6.45, 7) is 0. The van der Waals surface area contributed by atoms with Gasteiger partial charge in [-0.25, -0.2) is 0 Å². The lowest BCUT2D eigenvalue weighted by atomic mass is 10.1. The Morgan fingerprint density at radius 2 is 2.36 bits per heavy atom. The third-order valence-corrected chi connectivity index (χ3v) is 3.33. The van der Waals surface area contributed by atoms with E-state index in [0.717, 1.165) is 0 Å². The van der Waals surface area contributed by atoms with E-state index in [1.54, 1.807) is 0 Å². The Morgan fingerprint density at radius 1 is 1.64 bits per heavy atom. The second-order valence-corrected chi connectivity index (χ2v) is 3.66. The summed E-state index contributed by atoms with van der Waals surface area (Å²) in [4.78, 5) is 10.8. The van der Waals surface area contributed by atoms with Gasteiger partial charge in [-0.05, 0) is 6.42 Å². The van der Waals surface area contributed by atoms with Crippen LogP contribution in [-0.4, -0.2) is 34.5 Å². The van der Waals surface area contributed by atoms with Crippen LogP contribution in [0.1, 0.15) is 6.42 Å². The summed E-state index contributed by atoms with van der Waals surface area (Å²) in [6, 6.07) is 0. The lowest BCUT2D eigenvalue weighted by molar-refractivity contribution is -0.144. The molecule has 4 rings (SSSR count).